The van der Waals surface area contributed by atoms with Gasteiger partial charge in [0, 0.05) is 43.7 Å². The zero-order chi connectivity index (χ0) is 17.3. The van der Waals surface area contributed by atoms with Gasteiger partial charge in [0.15, 0.2) is 17.3 Å². The largest absolute Gasteiger partial charge is 0.493 e. The van der Waals surface area contributed by atoms with Crippen LogP contribution in [0.25, 0.3) is 11.0 Å². The summed E-state index contributed by atoms with van der Waals surface area (Å²) < 4.78 is 10.8. The lowest BCUT2D eigenvalue weighted by molar-refractivity contribution is 0.355. The van der Waals surface area contributed by atoms with Gasteiger partial charge in [-0.05, 0) is 0 Å². The quantitative estimate of drug-likeness (QED) is 0.932. The van der Waals surface area contributed by atoms with E-state index in [1.54, 1.807) is 14.2 Å². The average Bonchev–Trinajstić information content (AvgIpc) is 2.59. The molecule has 0 bridgehead atoms. The molecule has 1 saturated heterocycles. The Morgan fingerprint density at radius 1 is 0.958 bits per heavy atom. The average molecular weight is 330 g/mol. The summed E-state index contributed by atoms with van der Waals surface area (Å²) in [4.78, 5) is 12.2. The van der Waals surface area contributed by atoms with Gasteiger partial charge in [-0.1, -0.05) is 20.8 Å². The Hall–Kier alpha value is -2.08. The van der Waals surface area contributed by atoms with Gasteiger partial charge < -0.3 is 19.7 Å². The summed E-state index contributed by atoms with van der Waals surface area (Å²) in [6.45, 7) is 10.3. The SMILES string of the molecule is COc1cc2nc(N3CCNCC3)c(C(C)(C)C)nc2cc1OC. The molecule has 6 nitrogen and oxygen atoms in total. The van der Waals surface area contributed by atoms with E-state index in [0.717, 1.165) is 48.7 Å². The predicted octanol–water partition coefficient (Wildman–Crippen LogP) is 2.35. The molecule has 1 N–H and O–H groups in total. The van der Waals surface area contributed by atoms with Crippen LogP contribution < -0.4 is 19.7 Å². The lowest BCUT2D eigenvalue weighted by atomic mass is 9.91. The number of methoxy groups -OCH3 is 2. The summed E-state index contributed by atoms with van der Waals surface area (Å²) in [7, 11) is 3.27. The lowest BCUT2D eigenvalue weighted by Crippen LogP contribution is -2.45. The first-order valence-electron chi connectivity index (χ1n) is 8.34. The fraction of sp³-hybridized carbons (Fsp3) is 0.556. The number of hydrogen-bond acceptors (Lipinski definition) is 6. The van der Waals surface area contributed by atoms with Crippen LogP contribution >= 0.6 is 0 Å². The fourth-order valence-corrected chi connectivity index (χ4v) is 2.97. The van der Waals surface area contributed by atoms with E-state index in [9.17, 15) is 0 Å². The number of nitrogens with one attached hydrogen (secondary N) is 1. The second-order valence-corrected chi connectivity index (χ2v) is 7.08. The predicted molar refractivity (Wildman–Crippen MR) is 96.4 cm³/mol. The van der Waals surface area contributed by atoms with Crippen molar-refractivity contribution in [2.75, 3.05) is 45.3 Å². The minimum absolute atomic E-state index is 0.0887. The second kappa shape index (κ2) is 6.43. The van der Waals surface area contributed by atoms with Crippen molar-refractivity contribution in [3.05, 3.63) is 17.8 Å². The molecular formula is C18H26N4O2. The molecule has 1 fully saturated rings. The summed E-state index contributed by atoms with van der Waals surface area (Å²) in [5.74, 6) is 2.33. The van der Waals surface area contributed by atoms with Crippen LogP contribution in [-0.2, 0) is 5.41 Å². The van der Waals surface area contributed by atoms with Crippen LogP contribution in [0.1, 0.15) is 26.5 Å². The van der Waals surface area contributed by atoms with Crippen molar-refractivity contribution < 1.29 is 9.47 Å². The number of rotatable bonds is 3. The maximum absolute atomic E-state index is 5.41. The number of benzene rings is 1. The van der Waals surface area contributed by atoms with E-state index < -0.39 is 0 Å². The molecule has 0 aliphatic carbocycles. The van der Waals surface area contributed by atoms with Gasteiger partial charge in [-0.15, -0.1) is 0 Å². The molecule has 0 unspecified atom stereocenters. The van der Waals surface area contributed by atoms with Crippen LogP contribution in [0.15, 0.2) is 12.1 Å². The Labute approximate surface area is 143 Å². The highest BCUT2D eigenvalue weighted by Crippen LogP contribution is 2.35. The number of fused-ring (bicyclic) bond motifs is 1. The summed E-state index contributed by atoms with van der Waals surface area (Å²) in [5.41, 5.74) is 2.59. The van der Waals surface area contributed by atoms with Gasteiger partial charge in [0.1, 0.15) is 0 Å². The van der Waals surface area contributed by atoms with Crippen LogP contribution in [0.5, 0.6) is 11.5 Å². The summed E-state index contributed by atoms with van der Waals surface area (Å²) >= 11 is 0. The monoisotopic (exact) mass is 330 g/mol. The molecule has 1 aromatic carbocycles. The lowest BCUT2D eigenvalue weighted by Gasteiger charge is -2.32. The van der Waals surface area contributed by atoms with E-state index >= 15 is 0 Å². The number of piperazine rings is 1. The first kappa shape index (κ1) is 16.8. The highest BCUT2D eigenvalue weighted by atomic mass is 16.5. The van der Waals surface area contributed by atoms with E-state index in [1.165, 1.54) is 0 Å². The normalized spacial score (nSPS) is 15.6. The topological polar surface area (TPSA) is 59.5 Å². The number of ether oxygens (including phenoxy) is 2. The van der Waals surface area contributed by atoms with Crippen LogP contribution in [-0.4, -0.2) is 50.4 Å². The molecule has 3 rings (SSSR count). The molecule has 6 heteroatoms. The highest BCUT2D eigenvalue weighted by molar-refractivity contribution is 5.81. The molecule has 1 aliphatic rings. The molecule has 2 aromatic rings. The number of anilines is 1. The third-order valence-electron chi connectivity index (χ3n) is 4.28. The second-order valence-electron chi connectivity index (χ2n) is 7.08. The van der Waals surface area contributed by atoms with Gasteiger partial charge in [0.2, 0.25) is 0 Å². The Morgan fingerprint density at radius 2 is 1.50 bits per heavy atom. The van der Waals surface area contributed by atoms with Crippen molar-refractivity contribution in [2.45, 2.75) is 26.2 Å². The molecule has 1 aromatic heterocycles. The molecule has 1 aliphatic heterocycles. The van der Waals surface area contributed by atoms with Crippen LogP contribution in [0.2, 0.25) is 0 Å². The van der Waals surface area contributed by atoms with E-state index in [0.29, 0.717) is 11.5 Å². The van der Waals surface area contributed by atoms with E-state index in [1.807, 2.05) is 12.1 Å². The Kier molecular flexibility index (Phi) is 4.49. The van der Waals surface area contributed by atoms with Crippen molar-refractivity contribution in [3.8, 4) is 11.5 Å². The molecule has 24 heavy (non-hydrogen) atoms. The third kappa shape index (κ3) is 3.11. The third-order valence-corrected chi connectivity index (χ3v) is 4.28. The molecule has 0 spiro atoms. The molecule has 0 amide bonds. The van der Waals surface area contributed by atoms with Crippen LogP contribution in [0.3, 0.4) is 0 Å². The van der Waals surface area contributed by atoms with E-state index in [-0.39, 0.29) is 5.41 Å². The molecule has 0 saturated carbocycles. The van der Waals surface area contributed by atoms with Crippen molar-refractivity contribution >= 4 is 16.9 Å². The van der Waals surface area contributed by atoms with Gasteiger partial charge in [0.05, 0.1) is 30.9 Å². The zero-order valence-electron chi connectivity index (χ0n) is 15.1. The number of hydrogen-bond donors (Lipinski definition) is 1. The molecule has 2 heterocycles. The Balaban J connectivity index is 2.20. The first-order valence-corrected chi connectivity index (χ1v) is 8.34. The molecule has 0 atom stereocenters. The standard InChI is InChI=1S/C18H26N4O2/c1-18(2,3)16-17(22-8-6-19-7-9-22)21-13-11-15(24-5)14(23-4)10-12(13)20-16/h10-11,19H,6-9H2,1-5H3. The van der Waals surface area contributed by atoms with Crippen molar-refractivity contribution in [1.29, 1.82) is 0 Å². The fourth-order valence-electron chi connectivity index (χ4n) is 2.97. The molecule has 0 radical (unpaired) electrons. The Morgan fingerprint density at radius 3 is 2.00 bits per heavy atom. The van der Waals surface area contributed by atoms with Crippen LogP contribution in [0.4, 0.5) is 5.82 Å². The smallest absolute Gasteiger partial charge is 0.163 e. The van der Waals surface area contributed by atoms with Crippen molar-refractivity contribution in [2.24, 2.45) is 0 Å². The zero-order valence-corrected chi connectivity index (χ0v) is 15.1. The summed E-state index contributed by atoms with van der Waals surface area (Å²) in [6, 6.07) is 3.80. The van der Waals surface area contributed by atoms with Gasteiger partial charge in [-0.3, -0.25) is 0 Å². The number of nitrogens with zero attached hydrogens (tertiary/aromatic N) is 3. The summed E-state index contributed by atoms with van der Waals surface area (Å²) in [6.07, 6.45) is 0. The maximum atomic E-state index is 5.41. The van der Waals surface area contributed by atoms with Gasteiger partial charge >= 0.3 is 0 Å². The summed E-state index contributed by atoms with van der Waals surface area (Å²) in [5, 5.41) is 3.39. The number of aromatic nitrogens is 2. The maximum Gasteiger partial charge on any atom is 0.163 e. The molecule has 130 valence electrons. The van der Waals surface area contributed by atoms with Crippen molar-refractivity contribution in [3.63, 3.8) is 0 Å². The van der Waals surface area contributed by atoms with Gasteiger partial charge in [0.25, 0.3) is 0 Å². The minimum atomic E-state index is -0.0887. The minimum Gasteiger partial charge on any atom is -0.493 e. The molecular weight excluding hydrogens is 304 g/mol. The van der Waals surface area contributed by atoms with Gasteiger partial charge in [-0.25, -0.2) is 9.97 Å². The van der Waals surface area contributed by atoms with E-state index in [4.69, 9.17) is 19.4 Å². The van der Waals surface area contributed by atoms with E-state index in [2.05, 4.69) is 31.0 Å². The van der Waals surface area contributed by atoms with Crippen molar-refractivity contribution in [1.82, 2.24) is 15.3 Å². The Bertz CT molecular complexity index is 734. The van der Waals surface area contributed by atoms with Gasteiger partial charge in [-0.2, -0.15) is 0 Å². The first-order chi connectivity index (χ1) is 11.4. The van der Waals surface area contributed by atoms with Crippen LogP contribution in [0, 0.1) is 0 Å². The highest BCUT2D eigenvalue weighted by Gasteiger charge is 2.26.